The van der Waals surface area contributed by atoms with Crippen LogP contribution in [0.4, 0.5) is 0 Å². The molecule has 0 spiro atoms. The molecule has 40 valence electrons. The number of benzene rings is 1. The van der Waals surface area contributed by atoms with Gasteiger partial charge in [0.15, 0.2) is 0 Å². The molecule has 0 N–H and O–H groups in total. The van der Waals surface area contributed by atoms with Crippen molar-refractivity contribution < 1.29 is 0 Å². The summed E-state index contributed by atoms with van der Waals surface area (Å²) in [7, 11) is 0. The molecule has 1 heteroatoms. The fourth-order valence-corrected chi connectivity index (χ4v) is 0.534. The van der Waals surface area contributed by atoms with Crippen LogP contribution in [-0.2, 0) is 0 Å². The van der Waals surface area contributed by atoms with Crippen LogP contribution in [0.3, 0.4) is 0 Å². The molecule has 1 aromatic rings. The van der Waals surface area contributed by atoms with Gasteiger partial charge in [-0.05, 0) is 6.92 Å². The second-order valence-corrected chi connectivity index (χ2v) is 1.65. The zero-order chi connectivity index (χ0) is 5.11. The van der Waals surface area contributed by atoms with Crippen LogP contribution in [0.2, 0.25) is 0 Å². The van der Waals surface area contributed by atoms with Crippen molar-refractivity contribution in [3.8, 4) is 0 Å². The maximum atomic E-state index is 2.08. The van der Waals surface area contributed by atoms with E-state index in [9.17, 15) is 0 Å². The Hall–Kier alpha value is 0.701. The Morgan fingerprint density at radius 1 is 1.00 bits per heavy atom. The Labute approximate surface area is 87.2 Å². The van der Waals surface area contributed by atoms with E-state index >= 15 is 0 Å². The van der Waals surface area contributed by atoms with E-state index in [2.05, 4.69) is 19.1 Å². The van der Waals surface area contributed by atoms with E-state index in [-0.39, 0.29) is 45.5 Å². The summed E-state index contributed by atoms with van der Waals surface area (Å²) in [6.45, 7) is 2.08. The Morgan fingerprint density at radius 2 is 1.50 bits per heavy atom. The zero-order valence-electron chi connectivity index (χ0n) is 4.39. The quantitative estimate of drug-likeness (QED) is 0.526. The number of rotatable bonds is 0. The molecule has 0 heterocycles. The molecule has 0 nitrogen and oxygen atoms in total. The van der Waals surface area contributed by atoms with Crippen LogP contribution in [0.1, 0.15) is 5.56 Å². The van der Waals surface area contributed by atoms with Crippen LogP contribution < -0.4 is 0 Å². The van der Waals surface area contributed by atoms with Crippen molar-refractivity contribution in [1.82, 2.24) is 0 Å². The standard InChI is InChI=1S/C7H8.Sr.2H/c1-7-5-3-2-4-6-7;;;/h2-6H,1H3;;;. The van der Waals surface area contributed by atoms with Gasteiger partial charge in [0.05, 0.1) is 0 Å². The summed E-state index contributed by atoms with van der Waals surface area (Å²) in [5, 5.41) is 0. The molecule has 0 aromatic heterocycles. The molecule has 8 heavy (non-hydrogen) atoms. The second-order valence-electron chi connectivity index (χ2n) is 1.65. The molecule has 0 aliphatic carbocycles. The van der Waals surface area contributed by atoms with E-state index in [1.165, 1.54) is 5.56 Å². The average Bonchev–Trinajstić information content (AvgIpc) is 1.69. The molecule has 0 amide bonds. The number of hydrogen-bond acceptors (Lipinski definition) is 0. The first-order valence-electron chi connectivity index (χ1n) is 2.41. The Balaban J connectivity index is 0.000000490. The van der Waals surface area contributed by atoms with E-state index in [4.69, 9.17) is 0 Å². The predicted molar refractivity (Wildman–Crippen MR) is 39.7 cm³/mol. The normalized spacial score (nSPS) is 7.62. The molecule has 0 bridgehead atoms. The number of aryl methyl sites for hydroxylation is 1. The monoisotopic (exact) mass is 182 g/mol. The van der Waals surface area contributed by atoms with E-state index in [0.29, 0.717) is 0 Å². The summed E-state index contributed by atoms with van der Waals surface area (Å²) in [5.74, 6) is 0. The molecule has 0 saturated heterocycles. The van der Waals surface area contributed by atoms with Crippen molar-refractivity contribution in [1.29, 1.82) is 0 Å². The predicted octanol–water partition coefficient (Wildman–Crippen LogP) is 1.08. The fraction of sp³-hybridized carbons (Fsp3) is 0.143. The van der Waals surface area contributed by atoms with Crippen molar-refractivity contribution in [3.63, 3.8) is 0 Å². The van der Waals surface area contributed by atoms with Crippen LogP contribution in [0.15, 0.2) is 30.3 Å². The van der Waals surface area contributed by atoms with Gasteiger partial charge in [-0.3, -0.25) is 0 Å². The molecule has 0 saturated carbocycles. The molecule has 0 aliphatic rings. The van der Waals surface area contributed by atoms with E-state index in [1.54, 1.807) is 0 Å². The maximum absolute atomic E-state index is 2.08. The molecule has 0 atom stereocenters. The Kier molecular flexibility index (Phi) is 4.97. The summed E-state index contributed by atoms with van der Waals surface area (Å²) < 4.78 is 0. The van der Waals surface area contributed by atoms with Crippen LogP contribution in [-0.4, -0.2) is 45.5 Å². The second kappa shape index (κ2) is 4.57. The van der Waals surface area contributed by atoms with Gasteiger partial charge in [-0.25, -0.2) is 0 Å². The Bertz CT molecular complexity index is 134. The van der Waals surface area contributed by atoms with Crippen LogP contribution >= 0.6 is 0 Å². The van der Waals surface area contributed by atoms with Gasteiger partial charge in [0.25, 0.3) is 0 Å². The fourth-order valence-electron chi connectivity index (χ4n) is 0.534. The summed E-state index contributed by atoms with van der Waals surface area (Å²) >= 11 is 0. The first-order valence-corrected chi connectivity index (χ1v) is 2.41. The van der Waals surface area contributed by atoms with Crippen molar-refractivity contribution >= 4 is 45.5 Å². The topological polar surface area (TPSA) is 0 Å². The Morgan fingerprint density at radius 3 is 1.75 bits per heavy atom. The van der Waals surface area contributed by atoms with Gasteiger partial charge in [0, 0.05) is 0 Å². The molecular formula is C7H10Sr. The third kappa shape index (κ3) is 2.88. The SMILES string of the molecule is Cc1ccccc1.[SrH2]. The molecule has 1 rings (SSSR count). The first kappa shape index (κ1) is 8.70. The van der Waals surface area contributed by atoms with Gasteiger partial charge < -0.3 is 0 Å². The molecular weight excluding hydrogens is 172 g/mol. The van der Waals surface area contributed by atoms with Gasteiger partial charge in [0.1, 0.15) is 0 Å². The zero-order valence-corrected chi connectivity index (χ0v) is 4.39. The van der Waals surface area contributed by atoms with Crippen LogP contribution in [0.25, 0.3) is 0 Å². The van der Waals surface area contributed by atoms with E-state index in [0.717, 1.165) is 0 Å². The van der Waals surface area contributed by atoms with Gasteiger partial charge in [0.2, 0.25) is 0 Å². The van der Waals surface area contributed by atoms with Crippen LogP contribution in [0.5, 0.6) is 0 Å². The van der Waals surface area contributed by atoms with Crippen molar-refractivity contribution in [2.24, 2.45) is 0 Å². The minimum atomic E-state index is 0. The van der Waals surface area contributed by atoms with Gasteiger partial charge >= 0.3 is 45.5 Å². The van der Waals surface area contributed by atoms with Crippen molar-refractivity contribution in [3.05, 3.63) is 35.9 Å². The summed E-state index contributed by atoms with van der Waals surface area (Å²) in [4.78, 5) is 0. The molecule has 1 aromatic carbocycles. The van der Waals surface area contributed by atoms with Crippen molar-refractivity contribution in [2.75, 3.05) is 0 Å². The van der Waals surface area contributed by atoms with E-state index < -0.39 is 0 Å². The van der Waals surface area contributed by atoms with E-state index in [1.807, 2.05) is 18.2 Å². The summed E-state index contributed by atoms with van der Waals surface area (Å²) in [5.41, 5.74) is 1.32. The third-order valence-electron chi connectivity index (χ3n) is 0.940. The summed E-state index contributed by atoms with van der Waals surface area (Å²) in [6.07, 6.45) is 0. The number of hydrogen-bond donors (Lipinski definition) is 0. The third-order valence-corrected chi connectivity index (χ3v) is 0.940. The van der Waals surface area contributed by atoms with Crippen LogP contribution in [0, 0.1) is 6.92 Å². The van der Waals surface area contributed by atoms with Gasteiger partial charge in [-0.2, -0.15) is 0 Å². The first-order chi connectivity index (χ1) is 3.39. The molecule has 0 radical (unpaired) electrons. The van der Waals surface area contributed by atoms with Gasteiger partial charge in [-0.15, -0.1) is 0 Å². The summed E-state index contributed by atoms with van der Waals surface area (Å²) in [6, 6.07) is 10.3. The van der Waals surface area contributed by atoms with Crippen molar-refractivity contribution in [2.45, 2.75) is 6.92 Å². The molecule has 0 fully saturated rings. The minimum absolute atomic E-state index is 0. The average molecular weight is 182 g/mol. The van der Waals surface area contributed by atoms with Gasteiger partial charge in [-0.1, -0.05) is 35.9 Å². The molecule has 0 aliphatic heterocycles. The molecule has 0 unspecified atom stereocenters.